The van der Waals surface area contributed by atoms with Crippen molar-refractivity contribution in [3.8, 4) is 12.1 Å². The molecule has 0 amide bonds. The third kappa shape index (κ3) is 1.79. The lowest BCUT2D eigenvalue weighted by molar-refractivity contribution is 1.48. The van der Waals surface area contributed by atoms with Gasteiger partial charge in [0.1, 0.15) is 0 Å². The maximum absolute atomic E-state index is 8.90. The molecule has 0 radical (unpaired) electrons. The third-order valence-electron chi connectivity index (χ3n) is 2.15. The first-order valence-corrected chi connectivity index (χ1v) is 4.19. The highest BCUT2D eigenvalue weighted by atomic mass is 32.1. The fourth-order valence-electron chi connectivity index (χ4n) is 1.53. The van der Waals surface area contributed by atoms with Crippen molar-refractivity contribution in [3.05, 3.63) is 47.5 Å². The molecule has 0 aliphatic carbocycles. The van der Waals surface area contributed by atoms with E-state index >= 15 is 0 Å². The second kappa shape index (κ2) is 4.50. The Morgan fingerprint density at radius 1 is 0.800 bits per heavy atom. The van der Waals surface area contributed by atoms with Gasteiger partial charge in [0.25, 0.3) is 0 Å². The number of nitrogens with zero attached hydrogens (tertiary/aromatic N) is 2. The van der Waals surface area contributed by atoms with Crippen LogP contribution in [0.4, 0.5) is 0 Å². The van der Waals surface area contributed by atoms with Crippen LogP contribution in [-0.2, 0) is 0 Å². The van der Waals surface area contributed by atoms with Crippen LogP contribution in [0.2, 0.25) is 0 Å². The lowest BCUT2D eigenvalue weighted by Gasteiger charge is -2.00. The maximum Gasteiger partial charge on any atom is 0.0998 e. The largest absolute Gasteiger partial charge is 0.197 e. The maximum atomic E-state index is 8.90. The Labute approximate surface area is 94.8 Å². The predicted octanol–water partition coefficient (Wildman–Crippen LogP) is 2.70. The number of benzene rings is 2. The van der Waals surface area contributed by atoms with Gasteiger partial charge in [-0.2, -0.15) is 24.0 Å². The fraction of sp³-hybridized carbons (Fsp3) is 0. The molecule has 2 rings (SSSR count). The second-order valence-electron chi connectivity index (χ2n) is 2.93. The number of fused-ring (bicyclic) bond motifs is 1. The Morgan fingerprint density at radius 3 is 1.67 bits per heavy atom. The summed E-state index contributed by atoms with van der Waals surface area (Å²) in [5, 5.41) is 19.5. The quantitative estimate of drug-likeness (QED) is 0.674. The Bertz CT molecular complexity index is 527. The van der Waals surface area contributed by atoms with Crippen LogP contribution in [0.5, 0.6) is 0 Å². The standard InChI is InChI=1S/C12H6N2.H2S/c13-7-10-5-1-3-9-4-2-6-11(8-14)12(9)10;/h1-6H;1H2. The van der Waals surface area contributed by atoms with Crippen LogP contribution in [0.3, 0.4) is 0 Å². The van der Waals surface area contributed by atoms with E-state index in [1.165, 1.54) is 0 Å². The van der Waals surface area contributed by atoms with Gasteiger partial charge in [-0.15, -0.1) is 0 Å². The molecule has 0 unspecified atom stereocenters. The van der Waals surface area contributed by atoms with Crippen molar-refractivity contribution < 1.29 is 0 Å². The molecule has 0 aliphatic rings. The molecule has 0 N–H and O–H groups in total. The monoisotopic (exact) mass is 212 g/mol. The average Bonchev–Trinajstić information content (AvgIpc) is 2.27. The van der Waals surface area contributed by atoms with Crippen molar-refractivity contribution in [3.63, 3.8) is 0 Å². The normalized spacial score (nSPS) is 8.67. The highest BCUT2D eigenvalue weighted by Crippen LogP contribution is 2.21. The molecule has 2 nitrogen and oxygen atoms in total. The molecule has 0 heterocycles. The van der Waals surface area contributed by atoms with Crippen LogP contribution in [0.15, 0.2) is 36.4 Å². The van der Waals surface area contributed by atoms with Crippen LogP contribution in [0, 0.1) is 22.7 Å². The molecule has 3 heteroatoms. The molecule has 0 bridgehead atoms. The molecule has 2 aromatic carbocycles. The summed E-state index contributed by atoms with van der Waals surface area (Å²) >= 11 is 0. The minimum absolute atomic E-state index is 0. The molecule has 0 saturated carbocycles. The number of nitriles is 2. The Morgan fingerprint density at radius 2 is 1.27 bits per heavy atom. The van der Waals surface area contributed by atoms with Crippen molar-refractivity contribution >= 4 is 24.3 Å². The van der Waals surface area contributed by atoms with Crippen LogP contribution in [0.1, 0.15) is 11.1 Å². The first-order chi connectivity index (χ1) is 6.86. The van der Waals surface area contributed by atoms with Crippen LogP contribution < -0.4 is 0 Å². The van der Waals surface area contributed by atoms with Crippen molar-refractivity contribution in [1.82, 2.24) is 0 Å². The van der Waals surface area contributed by atoms with Gasteiger partial charge in [-0.3, -0.25) is 0 Å². The summed E-state index contributed by atoms with van der Waals surface area (Å²) in [7, 11) is 0. The lowest BCUT2D eigenvalue weighted by Crippen LogP contribution is -1.83. The SMILES string of the molecule is N#Cc1cccc2cccc(C#N)c12.S. The van der Waals surface area contributed by atoms with Crippen molar-refractivity contribution in [1.29, 1.82) is 10.5 Å². The molecule has 0 saturated heterocycles. The van der Waals surface area contributed by atoms with Crippen molar-refractivity contribution in [2.24, 2.45) is 0 Å². The zero-order chi connectivity index (χ0) is 9.97. The van der Waals surface area contributed by atoms with E-state index in [-0.39, 0.29) is 13.5 Å². The van der Waals surface area contributed by atoms with Gasteiger partial charge < -0.3 is 0 Å². The minimum Gasteiger partial charge on any atom is -0.197 e. The van der Waals surface area contributed by atoms with Crippen molar-refractivity contribution in [2.75, 3.05) is 0 Å². The summed E-state index contributed by atoms with van der Waals surface area (Å²) in [6, 6.07) is 15.1. The summed E-state index contributed by atoms with van der Waals surface area (Å²) in [4.78, 5) is 0. The van der Waals surface area contributed by atoms with Crippen LogP contribution >= 0.6 is 13.5 Å². The Balaban J connectivity index is 0.00000112. The summed E-state index contributed by atoms with van der Waals surface area (Å²) in [5.41, 5.74) is 1.11. The molecule has 0 spiro atoms. The molecule has 0 fully saturated rings. The number of hydrogen-bond acceptors (Lipinski definition) is 2. The van der Waals surface area contributed by atoms with E-state index in [2.05, 4.69) is 12.1 Å². The molecular weight excluding hydrogens is 204 g/mol. The molecule has 15 heavy (non-hydrogen) atoms. The third-order valence-corrected chi connectivity index (χ3v) is 2.15. The van der Waals surface area contributed by atoms with E-state index in [9.17, 15) is 0 Å². The highest BCUT2D eigenvalue weighted by molar-refractivity contribution is 7.59. The van der Waals surface area contributed by atoms with E-state index in [0.29, 0.717) is 11.1 Å². The van der Waals surface area contributed by atoms with Gasteiger partial charge in [-0.05, 0) is 17.5 Å². The minimum atomic E-state index is 0. The smallest absolute Gasteiger partial charge is 0.0998 e. The highest BCUT2D eigenvalue weighted by Gasteiger charge is 2.04. The Hall–Kier alpha value is -1.97. The molecule has 72 valence electrons. The topological polar surface area (TPSA) is 47.6 Å². The van der Waals surface area contributed by atoms with Gasteiger partial charge in [0.05, 0.1) is 23.3 Å². The summed E-state index contributed by atoms with van der Waals surface area (Å²) in [6.45, 7) is 0. The van der Waals surface area contributed by atoms with Crippen LogP contribution in [-0.4, -0.2) is 0 Å². The van der Waals surface area contributed by atoms with E-state index in [4.69, 9.17) is 10.5 Å². The molecule has 2 aromatic rings. The van der Waals surface area contributed by atoms with E-state index in [1.807, 2.05) is 24.3 Å². The molecule has 0 atom stereocenters. The van der Waals surface area contributed by atoms with Gasteiger partial charge in [-0.25, -0.2) is 0 Å². The van der Waals surface area contributed by atoms with Gasteiger partial charge in [-0.1, -0.05) is 24.3 Å². The molecule has 0 aliphatic heterocycles. The van der Waals surface area contributed by atoms with Gasteiger partial charge >= 0.3 is 0 Å². The van der Waals surface area contributed by atoms with E-state index in [1.54, 1.807) is 12.1 Å². The second-order valence-corrected chi connectivity index (χ2v) is 2.93. The zero-order valence-corrected chi connectivity index (χ0v) is 8.86. The van der Waals surface area contributed by atoms with Gasteiger partial charge in [0.15, 0.2) is 0 Å². The first-order valence-electron chi connectivity index (χ1n) is 4.19. The first kappa shape index (κ1) is 11.1. The number of hydrogen-bond donors (Lipinski definition) is 0. The van der Waals surface area contributed by atoms with Crippen molar-refractivity contribution in [2.45, 2.75) is 0 Å². The van der Waals surface area contributed by atoms with E-state index in [0.717, 1.165) is 10.8 Å². The average molecular weight is 212 g/mol. The molecule has 0 aromatic heterocycles. The van der Waals surface area contributed by atoms with E-state index < -0.39 is 0 Å². The van der Waals surface area contributed by atoms with Gasteiger partial charge in [0.2, 0.25) is 0 Å². The predicted molar refractivity (Wildman–Crippen MR) is 63.8 cm³/mol. The van der Waals surface area contributed by atoms with Crippen LogP contribution in [0.25, 0.3) is 10.8 Å². The molecular formula is C12H8N2S. The summed E-state index contributed by atoms with van der Waals surface area (Å²) in [6.07, 6.45) is 0. The van der Waals surface area contributed by atoms with Gasteiger partial charge in [0, 0.05) is 5.39 Å². The number of rotatable bonds is 0. The lowest BCUT2D eigenvalue weighted by atomic mass is 10.0. The zero-order valence-electron chi connectivity index (χ0n) is 7.86. The summed E-state index contributed by atoms with van der Waals surface area (Å²) < 4.78 is 0. The fourth-order valence-corrected chi connectivity index (χ4v) is 1.53. The Kier molecular flexibility index (Phi) is 3.33. The summed E-state index contributed by atoms with van der Waals surface area (Å²) in [5.74, 6) is 0.